The predicted molar refractivity (Wildman–Crippen MR) is 109 cm³/mol. The third-order valence-corrected chi connectivity index (χ3v) is 6.03. The zero-order chi connectivity index (χ0) is 21.4. The molecule has 7 nitrogen and oxygen atoms in total. The molecule has 3 aromatic rings. The zero-order valence-electron chi connectivity index (χ0n) is 16.5. The van der Waals surface area contributed by atoms with Crippen LogP contribution in [-0.2, 0) is 15.1 Å². The molecule has 1 saturated carbocycles. The molecule has 0 atom stereocenters. The van der Waals surface area contributed by atoms with Crippen LogP contribution in [0.1, 0.15) is 41.6 Å². The van der Waals surface area contributed by atoms with Crippen molar-refractivity contribution in [3.05, 3.63) is 72.1 Å². The van der Waals surface area contributed by atoms with Gasteiger partial charge in [-0.25, -0.2) is 19.2 Å². The van der Waals surface area contributed by atoms with E-state index in [1.54, 1.807) is 43.0 Å². The summed E-state index contributed by atoms with van der Waals surface area (Å²) >= 11 is 0. The number of fused-ring (bicyclic) bond motifs is 2. The van der Waals surface area contributed by atoms with Gasteiger partial charge in [-0.2, -0.15) is 0 Å². The lowest BCUT2D eigenvalue weighted by molar-refractivity contribution is -0.122. The second-order valence-corrected chi connectivity index (χ2v) is 7.87. The maximum atomic E-state index is 13.4. The second kappa shape index (κ2) is 7.54. The average Bonchev–Trinajstić information content (AvgIpc) is 3.06. The molecule has 0 bridgehead atoms. The minimum Gasteiger partial charge on any atom is -0.450 e. The summed E-state index contributed by atoms with van der Waals surface area (Å²) in [5, 5.41) is 2.75. The first-order valence-electron chi connectivity index (χ1n) is 10.1. The molecule has 1 aliphatic carbocycles. The van der Waals surface area contributed by atoms with Crippen LogP contribution in [0.25, 0.3) is 11.1 Å². The average molecular weight is 418 g/mol. The number of nitrogens with zero attached hydrogens (tertiary/aromatic N) is 3. The minimum atomic E-state index is -0.680. The van der Waals surface area contributed by atoms with Crippen LogP contribution in [0.15, 0.2) is 55.1 Å². The van der Waals surface area contributed by atoms with E-state index in [1.807, 2.05) is 0 Å². The summed E-state index contributed by atoms with van der Waals surface area (Å²) in [5.41, 5.74) is 2.02. The van der Waals surface area contributed by atoms with Gasteiger partial charge in [0.1, 0.15) is 11.4 Å². The first-order chi connectivity index (χ1) is 15.0. The second-order valence-electron chi connectivity index (χ2n) is 7.87. The number of ether oxygens (including phenoxy) is 1. The van der Waals surface area contributed by atoms with Crippen LogP contribution >= 0.6 is 0 Å². The van der Waals surface area contributed by atoms with Gasteiger partial charge in [-0.3, -0.25) is 15.1 Å². The molecule has 2 aliphatic rings. The lowest BCUT2D eigenvalue weighted by Gasteiger charge is -2.35. The topological polar surface area (TPSA) is 94.1 Å². The van der Waals surface area contributed by atoms with E-state index < -0.39 is 5.60 Å². The monoisotopic (exact) mass is 418 g/mol. The third kappa shape index (κ3) is 3.54. The first kappa shape index (κ1) is 19.3. The lowest BCUT2D eigenvalue weighted by atomic mass is 9.75. The Kier molecular flexibility index (Phi) is 4.69. The van der Waals surface area contributed by atoms with E-state index in [0.717, 1.165) is 5.56 Å². The summed E-state index contributed by atoms with van der Waals surface area (Å²) in [6.45, 7) is 0. The Labute approximate surface area is 177 Å². The Bertz CT molecular complexity index is 1160. The fourth-order valence-electron chi connectivity index (χ4n) is 4.36. The van der Waals surface area contributed by atoms with Gasteiger partial charge in [0.25, 0.3) is 0 Å². The van der Waals surface area contributed by atoms with E-state index in [1.165, 1.54) is 12.1 Å². The molecule has 1 spiro atoms. The van der Waals surface area contributed by atoms with Crippen LogP contribution in [-0.4, -0.2) is 26.8 Å². The number of hydrogen-bond donors (Lipinski definition) is 1. The van der Waals surface area contributed by atoms with Crippen molar-refractivity contribution < 1.29 is 18.7 Å². The molecule has 1 fully saturated rings. The Morgan fingerprint density at radius 3 is 2.61 bits per heavy atom. The minimum absolute atomic E-state index is 0.163. The van der Waals surface area contributed by atoms with Crippen molar-refractivity contribution in [2.45, 2.75) is 31.3 Å². The van der Waals surface area contributed by atoms with E-state index in [0.29, 0.717) is 42.4 Å². The number of aromatic nitrogens is 3. The van der Waals surface area contributed by atoms with Crippen molar-refractivity contribution in [1.29, 1.82) is 0 Å². The van der Waals surface area contributed by atoms with Gasteiger partial charge >= 0.3 is 5.97 Å². The molecular formula is C23H19FN4O3. The first-order valence-corrected chi connectivity index (χ1v) is 10.1. The molecule has 1 aliphatic heterocycles. The normalized spacial score (nSPS) is 22.1. The van der Waals surface area contributed by atoms with Crippen molar-refractivity contribution in [2.75, 3.05) is 5.32 Å². The van der Waals surface area contributed by atoms with E-state index in [2.05, 4.69) is 20.3 Å². The number of nitrogens with one attached hydrogen (secondary N) is 1. The van der Waals surface area contributed by atoms with Crippen LogP contribution in [0.2, 0.25) is 0 Å². The zero-order valence-corrected chi connectivity index (χ0v) is 16.5. The molecule has 2 aromatic heterocycles. The van der Waals surface area contributed by atoms with Gasteiger partial charge in [0.15, 0.2) is 0 Å². The molecular weight excluding hydrogens is 399 g/mol. The van der Waals surface area contributed by atoms with Crippen LogP contribution in [0.4, 0.5) is 10.3 Å². The molecule has 156 valence electrons. The Hall–Kier alpha value is -3.68. The molecule has 0 saturated heterocycles. The van der Waals surface area contributed by atoms with Crippen molar-refractivity contribution >= 4 is 17.8 Å². The van der Waals surface area contributed by atoms with Crippen LogP contribution in [0, 0.1) is 11.7 Å². The summed E-state index contributed by atoms with van der Waals surface area (Å²) in [5.74, 6) is -0.851. The van der Waals surface area contributed by atoms with Gasteiger partial charge in [-0.1, -0.05) is 12.1 Å². The summed E-state index contributed by atoms with van der Waals surface area (Å²) in [6, 6.07) is 7.83. The molecule has 31 heavy (non-hydrogen) atoms. The number of anilines is 1. The number of halogens is 1. The van der Waals surface area contributed by atoms with Crippen LogP contribution in [0.3, 0.4) is 0 Å². The van der Waals surface area contributed by atoms with Crippen molar-refractivity contribution in [1.82, 2.24) is 15.0 Å². The molecule has 5 rings (SSSR count). The van der Waals surface area contributed by atoms with Gasteiger partial charge in [-0.05, 0) is 49.4 Å². The molecule has 0 unspecified atom stereocenters. The highest BCUT2D eigenvalue weighted by Crippen LogP contribution is 2.47. The largest absolute Gasteiger partial charge is 0.450 e. The maximum absolute atomic E-state index is 13.4. The van der Waals surface area contributed by atoms with Crippen LogP contribution < -0.4 is 5.32 Å². The predicted octanol–water partition coefficient (Wildman–Crippen LogP) is 3.87. The molecule has 8 heteroatoms. The molecule has 1 amide bonds. The Morgan fingerprint density at radius 1 is 1.10 bits per heavy atom. The summed E-state index contributed by atoms with van der Waals surface area (Å²) < 4.78 is 19.1. The van der Waals surface area contributed by atoms with Gasteiger partial charge in [0, 0.05) is 41.8 Å². The fourth-order valence-corrected chi connectivity index (χ4v) is 4.36. The summed E-state index contributed by atoms with van der Waals surface area (Å²) in [4.78, 5) is 37.4. The number of esters is 1. The van der Waals surface area contributed by atoms with Gasteiger partial charge < -0.3 is 4.74 Å². The Balaban J connectivity index is 1.23. The van der Waals surface area contributed by atoms with E-state index in [9.17, 15) is 14.0 Å². The number of carbonyl (C=O) groups is 2. The highest BCUT2D eigenvalue weighted by Gasteiger charge is 2.48. The van der Waals surface area contributed by atoms with Gasteiger partial charge in [0.2, 0.25) is 11.9 Å². The van der Waals surface area contributed by atoms with E-state index in [4.69, 9.17) is 4.74 Å². The molecule has 1 N–H and O–H groups in total. The summed E-state index contributed by atoms with van der Waals surface area (Å²) in [7, 11) is 0. The van der Waals surface area contributed by atoms with Crippen molar-refractivity contribution in [3.8, 4) is 11.1 Å². The number of hydrogen-bond acceptors (Lipinski definition) is 6. The Morgan fingerprint density at radius 2 is 1.87 bits per heavy atom. The highest BCUT2D eigenvalue weighted by atomic mass is 19.1. The number of carbonyl (C=O) groups excluding carboxylic acids is 2. The maximum Gasteiger partial charge on any atom is 0.339 e. The molecule has 1 aromatic carbocycles. The summed E-state index contributed by atoms with van der Waals surface area (Å²) in [6.07, 6.45) is 8.66. The van der Waals surface area contributed by atoms with Crippen molar-refractivity contribution in [3.63, 3.8) is 0 Å². The number of benzene rings is 1. The smallest absolute Gasteiger partial charge is 0.339 e. The quantitative estimate of drug-likeness (QED) is 0.649. The third-order valence-electron chi connectivity index (χ3n) is 6.03. The van der Waals surface area contributed by atoms with Crippen molar-refractivity contribution in [2.24, 2.45) is 5.92 Å². The molecule has 3 heterocycles. The van der Waals surface area contributed by atoms with E-state index >= 15 is 0 Å². The number of pyridine rings is 1. The van der Waals surface area contributed by atoms with Crippen LogP contribution in [0.5, 0.6) is 0 Å². The highest BCUT2D eigenvalue weighted by molar-refractivity contribution is 5.95. The van der Waals surface area contributed by atoms with Gasteiger partial charge in [-0.15, -0.1) is 0 Å². The van der Waals surface area contributed by atoms with Gasteiger partial charge in [0.05, 0.1) is 5.56 Å². The SMILES string of the molecule is O=C1OC2(CCC(C(=O)Nc3ncc(-c4cccc(F)c4)cn3)CC2)c2cnccc21. The molecule has 0 radical (unpaired) electrons. The standard InChI is InChI=1S/C23H19FN4O3/c24-17-3-1-2-15(10-17)16-11-26-22(27-12-16)28-20(29)14-4-7-23(8-5-14)19-13-25-9-6-18(19)21(30)31-23/h1-3,6,9-14H,4-5,7-8H2,(H,26,27,28,29). The fraction of sp³-hybridized carbons (Fsp3) is 0.261. The van der Waals surface area contributed by atoms with E-state index in [-0.39, 0.29) is 29.6 Å². The lowest BCUT2D eigenvalue weighted by Crippen LogP contribution is -2.36. The number of rotatable bonds is 3. The number of amides is 1.